The highest BCUT2D eigenvalue weighted by molar-refractivity contribution is 5.72. The Hall–Kier alpha value is -3.19. The number of benzene rings is 3. The van der Waals surface area contributed by atoms with Crippen LogP contribution in [0, 0.1) is 6.85 Å². The van der Waals surface area contributed by atoms with Gasteiger partial charge in [-0.05, 0) is 46.7 Å². The van der Waals surface area contributed by atoms with Gasteiger partial charge in [0, 0.05) is 28.7 Å². The quantitative estimate of drug-likeness (QED) is 0.331. The molecule has 4 aromatic rings. The fourth-order valence-corrected chi connectivity index (χ4v) is 3.79. The Balaban J connectivity index is 1.90. The predicted octanol–water partition coefficient (Wildman–Crippen LogP) is 8.17. The maximum absolute atomic E-state index is 9.42. The van der Waals surface area contributed by atoms with Crippen molar-refractivity contribution in [2.24, 2.45) is 0 Å². The summed E-state index contributed by atoms with van der Waals surface area (Å²) < 4.78 is 32.5. The Morgan fingerprint density at radius 1 is 0.839 bits per heavy atom. The molecule has 3 aromatic carbocycles. The van der Waals surface area contributed by atoms with Gasteiger partial charge in [-0.3, -0.25) is 4.98 Å². The van der Waals surface area contributed by atoms with Crippen molar-refractivity contribution in [3.8, 4) is 22.4 Å². The summed E-state index contributed by atoms with van der Waals surface area (Å²) in [7, 11) is 0. The van der Waals surface area contributed by atoms with Crippen LogP contribution in [0.25, 0.3) is 22.4 Å². The second kappa shape index (κ2) is 8.51. The van der Waals surface area contributed by atoms with Crippen LogP contribution in [-0.4, -0.2) is 4.98 Å². The maximum Gasteiger partial charge on any atom is 0.0705 e. The lowest BCUT2D eigenvalue weighted by atomic mass is 9.85. The number of aromatic nitrogens is 1. The third-order valence-corrected chi connectivity index (χ3v) is 5.74. The highest BCUT2D eigenvalue weighted by Gasteiger charge is 2.18. The zero-order chi connectivity index (χ0) is 25.4. The molecule has 0 spiro atoms. The smallest absolute Gasteiger partial charge is 0.0705 e. The van der Waals surface area contributed by atoms with E-state index in [0.29, 0.717) is 5.56 Å². The Morgan fingerprint density at radius 2 is 1.58 bits per heavy atom. The largest absolute Gasteiger partial charge is 0.256 e. The van der Waals surface area contributed by atoms with E-state index in [9.17, 15) is 1.37 Å². The van der Waals surface area contributed by atoms with Crippen LogP contribution in [0.2, 0.25) is 0 Å². The fraction of sp³-hybridized carbons (Fsp3) is 0.233. The molecule has 1 aromatic heterocycles. The lowest BCUT2D eigenvalue weighted by Crippen LogP contribution is -2.10. The van der Waals surface area contributed by atoms with Crippen LogP contribution < -0.4 is 0 Å². The van der Waals surface area contributed by atoms with Gasteiger partial charge in [-0.1, -0.05) is 106 Å². The Morgan fingerprint density at radius 3 is 2.26 bits per heavy atom. The fourth-order valence-electron chi connectivity index (χ4n) is 3.79. The molecule has 0 saturated heterocycles. The van der Waals surface area contributed by atoms with E-state index < -0.39 is 12.7 Å². The topological polar surface area (TPSA) is 12.9 Å². The van der Waals surface area contributed by atoms with Crippen LogP contribution in [0.1, 0.15) is 61.3 Å². The predicted molar refractivity (Wildman–Crippen MR) is 133 cm³/mol. The van der Waals surface area contributed by atoms with E-state index in [2.05, 4.69) is 45.0 Å². The number of hydrogen-bond donors (Lipinski definition) is 0. The van der Waals surface area contributed by atoms with E-state index in [-0.39, 0.29) is 5.41 Å². The van der Waals surface area contributed by atoms with Gasteiger partial charge in [0.05, 0.1) is 5.69 Å². The minimum Gasteiger partial charge on any atom is -0.256 e. The molecule has 0 amide bonds. The zero-order valence-corrected chi connectivity index (χ0v) is 18.6. The first-order valence-electron chi connectivity index (χ1n) is 12.7. The van der Waals surface area contributed by atoms with E-state index in [0.717, 1.165) is 33.5 Å². The lowest BCUT2D eigenvalue weighted by Gasteiger charge is -2.21. The van der Waals surface area contributed by atoms with Crippen molar-refractivity contribution < 1.29 is 5.48 Å². The van der Waals surface area contributed by atoms with E-state index in [1.54, 1.807) is 12.1 Å². The van der Waals surface area contributed by atoms with Crippen molar-refractivity contribution in [2.75, 3.05) is 0 Å². The van der Waals surface area contributed by atoms with E-state index in [1.165, 1.54) is 5.56 Å². The molecule has 0 radical (unpaired) electrons. The normalized spacial score (nSPS) is 15.9. The van der Waals surface area contributed by atoms with Crippen LogP contribution in [0.4, 0.5) is 0 Å². The summed E-state index contributed by atoms with van der Waals surface area (Å²) in [6.45, 7) is 6.30. The molecule has 0 fully saturated rings. The molecule has 1 heteroatoms. The van der Waals surface area contributed by atoms with Crippen LogP contribution in [0.15, 0.2) is 91.1 Å². The van der Waals surface area contributed by atoms with Crippen molar-refractivity contribution in [3.05, 3.63) is 113 Å². The minimum atomic E-state index is -2.16. The summed E-state index contributed by atoms with van der Waals surface area (Å²) in [5.41, 5.74) is 6.69. The molecule has 0 aliphatic rings. The van der Waals surface area contributed by atoms with E-state index in [1.807, 2.05) is 61.7 Å². The second-order valence-corrected chi connectivity index (χ2v) is 9.01. The standard InChI is InChI=1S/C30H31N/c1-21-14-16-24(17-15-21)28-20-31-29(25-12-9-13-26(18-25)30(3,4)5)19-27(28)22(2)23-10-7-6-8-11-23/h6-20,22H,1-5H3/i1D3,22D. The average Bonchev–Trinajstić information content (AvgIpc) is 2.83. The van der Waals surface area contributed by atoms with Crippen molar-refractivity contribution in [1.29, 1.82) is 0 Å². The highest BCUT2D eigenvalue weighted by atomic mass is 14.7. The number of rotatable bonds is 4. The zero-order valence-electron chi connectivity index (χ0n) is 22.6. The van der Waals surface area contributed by atoms with Crippen molar-refractivity contribution in [1.82, 2.24) is 4.98 Å². The number of aryl methyl sites for hydroxylation is 1. The summed E-state index contributed by atoms with van der Waals surface area (Å²) in [5, 5.41) is 0. The van der Waals surface area contributed by atoms with Gasteiger partial charge < -0.3 is 0 Å². The van der Waals surface area contributed by atoms with Gasteiger partial charge in [0.2, 0.25) is 0 Å². The molecule has 0 bridgehead atoms. The first kappa shape index (κ1) is 16.5. The molecule has 0 aliphatic carbocycles. The summed E-state index contributed by atoms with van der Waals surface area (Å²) in [6, 6.07) is 27.1. The van der Waals surface area contributed by atoms with Gasteiger partial charge >= 0.3 is 0 Å². The molecular formula is C30H31N. The summed E-state index contributed by atoms with van der Waals surface area (Å²) >= 11 is 0. The Labute approximate surface area is 192 Å². The molecule has 1 unspecified atom stereocenters. The molecule has 0 N–H and O–H groups in total. The van der Waals surface area contributed by atoms with Gasteiger partial charge in [-0.2, -0.15) is 0 Å². The van der Waals surface area contributed by atoms with Crippen molar-refractivity contribution in [3.63, 3.8) is 0 Å². The first-order valence-corrected chi connectivity index (χ1v) is 10.7. The van der Waals surface area contributed by atoms with Crippen LogP contribution in [0.3, 0.4) is 0 Å². The minimum absolute atomic E-state index is 0.0112. The van der Waals surface area contributed by atoms with Crippen molar-refractivity contribution in [2.45, 2.75) is 45.9 Å². The lowest BCUT2D eigenvalue weighted by molar-refractivity contribution is 0.590. The molecule has 31 heavy (non-hydrogen) atoms. The molecule has 156 valence electrons. The molecule has 0 aliphatic heterocycles. The third kappa shape index (κ3) is 4.61. The van der Waals surface area contributed by atoms with Crippen LogP contribution >= 0.6 is 0 Å². The SMILES string of the molecule is [2H]C([2H])([2H])c1ccc(-c2cnc(-c3cccc(C(C)(C)C)c3)cc2C([2H])(C)c2ccccc2)cc1. The van der Waals surface area contributed by atoms with E-state index >= 15 is 0 Å². The van der Waals surface area contributed by atoms with Crippen LogP contribution in [0.5, 0.6) is 0 Å². The van der Waals surface area contributed by atoms with E-state index in [4.69, 9.17) is 9.10 Å². The molecule has 1 heterocycles. The monoisotopic (exact) mass is 409 g/mol. The van der Waals surface area contributed by atoms with Gasteiger partial charge in [-0.25, -0.2) is 0 Å². The molecule has 1 atom stereocenters. The number of pyridine rings is 1. The van der Waals surface area contributed by atoms with Gasteiger partial charge in [0.1, 0.15) is 0 Å². The third-order valence-electron chi connectivity index (χ3n) is 5.74. The summed E-state index contributed by atoms with van der Waals surface area (Å²) in [6.07, 6.45) is 1.81. The second-order valence-electron chi connectivity index (χ2n) is 9.01. The Bertz CT molecular complexity index is 1320. The number of hydrogen-bond acceptors (Lipinski definition) is 1. The molecule has 0 saturated carbocycles. The highest BCUT2D eigenvalue weighted by Crippen LogP contribution is 2.36. The van der Waals surface area contributed by atoms with Gasteiger partial charge in [0.25, 0.3) is 0 Å². The van der Waals surface area contributed by atoms with Crippen molar-refractivity contribution >= 4 is 0 Å². The van der Waals surface area contributed by atoms with Crippen LogP contribution in [-0.2, 0) is 5.41 Å². The average molecular weight is 410 g/mol. The first-order chi connectivity index (χ1) is 16.4. The molecule has 1 nitrogen and oxygen atoms in total. The Kier molecular flexibility index (Phi) is 4.53. The summed E-state index contributed by atoms with van der Waals surface area (Å²) in [5.74, 6) is -1.04. The summed E-state index contributed by atoms with van der Waals surface area (Å²) in [4.78, 5) is 4.79. The number of nitrogens with zero attached hydrogens (tertiary/aromatic N) is 1. The molecular weight excluding hydrogens is 374 g/mol. The van der Waals surface area contributed by atoms with Gasteiger partial charge in [0.15, 0.2) is 0 Å². The maximum atomic E-state index is 9.42. The molecule has 4 rings (SSSR count). The van der Waals surface area contributed by atoms with Gasteiger partial charge in [-0.15, -0.1) is 0 Å².